The zero-order valence-electron chi connectivity index (χ0n) is 34.6. The molecule has 8 heterocycles. The standard InChI is InChI=1S/C23H23F2N3O4.C22H21F2N3O4/c1-11-7-15(24)17(16(25)8-11)12(2)26-21(31)14-9-27-10-23-5-3-13(4-6-23)28(23)22(32)18(27)20(30)19(14)29;1-11-6-15(23)13(16(24)7-11)8-25-20(30)14-9-26-10-22-4-2-12(3-5-22)27(22)21(31)17(26)19(29)18(14)28/h7-9,12-13,30H,3-6,10H2,1-2H3,(H,26,31);6-7,9,12,29H,2-5,8,10H2,1H3,(H,25,30)/t12-,13?,23?;/m1./s1. The first-order valence-corrected chi connectivity index (χ1v) is 20.9. The first-order valence-electron chi connectivity index (χ1n) is 20.9. The molecule has 4 saturated heterocycles. The fraction of sp³-hybridized carbons (Fsp3) is 0.422. The normalized spacial score (nSPS) is 24.0. The highest BCUT2D eigenvalue weighted by Gasteiger charge is 2.58. The molecule has 330 valence electrons. The highest BCUT2D eigenvalue weighted by molar-refractivity contribution is 6.01. The molecule has 4 aromatic rings. The number of pyridine rings is 2. The summed E-state index contributed by atoms with van der Waals surface area (Å²) in [6.07, 6.45) is 9.40. The third-order valence-electron chi connectivity index (χ3n) is 14.0. The van der Waals surface area contributed by atoms with Gasteiger partial charge in [-0.05, 0) is 108 Å². The molecule has 4 N–H and O–H groups in total. The Bertz CT molecular complexity index is 2760. The molecule has 4 bridgehead atoms. The highest BCUT2D eigenvalue weighted by Crippen LogP contribution is 2.52. The number of carbonyl (C=O) groups excluding carboxylic acids is 4. The van der Waals surface area contributed by atoms with E-state index in [0.29, 0.717) is 24.2 Å². The van der Waals surface area contributed by atoms with Gasteiger partial charge in [-0.25, -0.2) is 17.6 Å². The van der Waals surface area contributed by atoms with Crippen LogP contribution in [0.25, 0.3) is 0 Å². The van der Waals surface area contributed by atoms with E-state index in [2.05, 4.69) is 10.6 Å². The third-order valence-corrected chi connectivity index (χ3v) is 14.0. The molecule has 4 fully saturated rings. The third kappa shape index (κ3) is 6.50. The zero-order chi connectivity index (χ0) is 45.0. The van der Waals surface area contributed by atoms with Gasteiger partial charge in [-0.15, -0.1) is 0 Å². The van der Waals surface area contributed by atoms with Crippen LogP contribution in [0.4, 0.5) is 17.6 Å². The Balaban J connectivity index is 0.000000160. The summed E-state index contributed by atoms with van der Waals surface area (Å²) < 4.78 is 59.6. The maximum atomic E-state index is 14.3. The molecule has 63 heavy (non-hydrogen) atoms. The summed E-state index contributed by atoms with van der Waals surface area (Å²) in [4.78, 5) is 80.7. The molecule has 0 saturated carbocycles. The molecule has 6 aliphatic rings. The van der Waals surface area contributed by atoms with Crippen LogP contribution in [-0.4, -0.2) is 75.9 Å². The fourth-order valence-electron chi connectivity index (χ4n) is 11.1. The number of fused-ring (bicyclic) bond motifs is 2. The maximum absolute atomic E-state index is 14.3. The fourth-order valence-corrected chi connectivity index (χ4v) is 11.1. The second-order valence-corrected chi connectivity index (χ2v) is 17.9. The Kier molecular flexibility index (Phi) is 9.86. The molecule has 0 unspecified atom stereocenters. The topological polar surface area (TPSA) is 183 Å². The van der Waals surface area contributed by atoms with Crippen molar-refractivity contribution in [3.05, 3.63) is 125 Å². The minimum absolute atomic E-state index is 0.110. The summed E-state index contributed by atoms with van der Waals surface area (Å²) in [7, 11) is 0. The Morgan fingerprint density at radius 3 is 1.51 bits per heavy atom. The number of aryl methyl sites for hydroxylation is 2. The van der Waals surface area contributed by atoms with Crippen molar-refractivity contribution in [1.82, 2.24) is 29.6 Å². The van der Waals surface area contributed by atoms with E-state index in [0.717, 1.165) is 75.6 Å². The number of halogens is 4. The largest absolute Gasteiger partial charge is 0.503 e. The smallest absolute Gasteiger partial charge is 0.275 e. The van der Waals surface area contributed by atoms with Crippen LogP contribution in [0.5, 0.6) is 11.5 Å². The van der Waals surface area contributed by atoms with Gasteiger partial charge in [-0.2, -0.15) is 0 Å². The Labute approximate surface area is 357 Å². The lowest BCUT2D eigenvalue weighted by atomic mass is 9.86. The van der Waals surface area contributed by atoms with E-state index in [1.165, 1.54) is 28.5 Å². The second-order valence-electron chi connectivity index (χ2n) is 17.9. The van der Waals surface area contributed by atoms with E-state index < -0.39 is 81.8 Å². The van der Waals surface area contributed by atoms with Crippen LogP contribution < -0.4 is 21.5 Å². The lowest BCUT2D eigenvalue weighted by molar-refractivity contribution is 0.0481. The number of nitrogens with one attached hydrogen (secondary N) is 2. The van der Waals surface area contributed by atoms with Crippen molar-refractivity contribution in [2.75, 3.05) is 0 Å². The molecule has 18 heteroatoms. The van der Waals surface area contributed by atoms with Gasteiger partial charge in [0.2, 0.25) is 10.9 Å². The lowest BCUT2D eigenvalue weighted by Gasteiger charge is -2.41. The minimum atomic E-state index is -1.06. The summed E-state index contributed by atoms with van der Waals surface area (Å²) >= 11 is 0. The van der Waals surface area contributed by atoms with E-state index in [4.69, 9.17) is 0 Å². The number of benzene rings is 2. The lowest BCUT2D eigenvalue weighted by Crippen LogP contribution is -2.53. The molecule has 0 spiro atoms. The molecule has 0 radical (unpaired) electrons. The van der Waals surface area contributed by atoms with Gasteiger partial charge < -0.3 is 39.8 Å². The zero-order valence-corrected chi connectivity index (χ0v) is 34.6. The van der Waals surface area contributed by atoms with Crippen molar-refractivity contribution >= 4 is 23.6 Å². The highest BCUT2D eigenvalue weighted by atomic mass is 19.1. The molecule has 10 rings (SSSR count). The van der Waals surface area contributed by atoms with Crippen LogP contribution in [-0.2, 0) is 19.6 Å². The predicted molar refractivity (Wildman–Crippen MR) is 216 cm³/mol. The first kappa shape index (κ1) is 41.9. The van der Waals surface area contributed by atoms with Crippen LogP contribution in [0.2, 0.25) is 0 Å². The predicted octanol–water partition coefficient (Wildman–Crippen LogP) is 5.00. The van der Waals surface area contributed by atoms with Gasteiger partial charge in [0.1, 0.15) is 34.4 Å². The number of hydrogen-bond donors (Lipinski definition) is 4. The number of rotatable bonds is 6. The Hall–Kier alpha value is -6.46. The van der Waals surface area contributed by atoms with E-state index in [-0.39, 0.29) is 56.8 Å². The molecular weight excluding hydrogens is 829 g/mol. The maximum Gasteiger partial charge on any atom is 0.275 e. The van der Waals surface area contributed by atoms with Crippen LogP contribution >= 0.6 is 0 Å². The van der Waals surface area contributed by atoms with E-state index in [1.54, 1.807) is 23.6 Å². The number of aromatic nitrogens is 2. The molecular formula is C45H44F4N6O8. The monoisotopic (exact) mass is 872 g/mol. The van der Waals surface area contributed by atoms with Crippen molar-refractivity contribution in [3.8, 4) is 11.5 Å². The average Bonchev–Trinajstić information content (AvgIpc) is 3.98. The first-order chi connectivity index (χ1) is 29.8. The van der Waals surface area contributed by atoms with Crippen LogP contribution in [0, 0.1) is 37.1 Å². The van der Waals surface area contributed by atoms with Crippen LogP contribution in [0.15, 0.2) is 46.2 Å². The van der Waals surface area contributed by atoms with Gasteiger partial charge in [0.15, 0.2) is 22.9 Å². The number of amides is 4. The number of carbonyl (C=O) groups is 4. The molecule has 2 aromatic carbocycles. The van der Waals surface area contributed by atoms with Crippen molar-refractivity contribution in [2.24, 2.45) is 0 Å². The summed E-state index contributed by atoms with van der Waals surface area (Å²) in [5, 5.41) is 25.8. The molecule has 2 aromatic heterocycles. The van der Waals surface area contributed by atoms with E-state index in [9.17, 15) is 56.5 Å². The van der Waals surface area contributed by atoms with E-state index in [1.807, 2.05) is 0 Å². The molecule has 14 nitrogen and oxygen atoms in total. The van der Waals surface area contributed by atoms with Crippen molar-refractivity contribution in [1.29, 1.82) is 0 Å². The van der Waals surface area contributed by atoms with Crippen LogP contribution in [0.1, 0.15) is 128 Å². The summed E-state index contributed by atoms with van der Waals surface area (Å²) in [6, 6.07) is 3.80. The second kappa shape index (κ2) is 14.8. The number of aromatic hydroxyl groups is 2. The molecule has 4 amide bonds. The van der Waals surface area contributed by atoms with Gasteiger partial charge in [-0.3, -0.25) is 28.8 Å². The molecule has 1 atom stereocenters. The van der Waals surface area contributed by atoms with Crippen LogP contribution in [0.3, 0.4) is 0 Å². The summed E-state index contributed by atoms with van der Waals surface area (Å²) in [5.41, 5.74) is -3.49. The van der Waals surface area contributed by atoms with Gasteiger partial charge in [0.05, 0.1) is 17.1 Å². The SMILES string of the molecule is Cc1cc(F)c(CNC(=O)c2cn3c(c(O)c2=O)C(=O)N2C4CCC2(CC4)C3)c(F)c1.Cc1cc(F)c([C@@H](C)NC(=O)c2cn3c(c(O)c2=O)C(=O)N2C4CCC2(CC4)C3)c(F)c1. The van der Waals surface area contributed by atoms with E-state index >= 15 is 0 Å². The van der Waals surface area contributed by atoms with Crippen molar-refractivity contribution in [3.63, 3.8) is 0 Å². The van der Waals surface area contributed by atoms with Crippen molar-refractivity contribution in [2.45, 2.75) is 121 Å². The van der Waals surface area contributed by atoms with Gasteiger partial charge >= 0.3 is 0 Å². The number of hydrogen-bond acceptors (Lipinski definition) is 8. The summed E-state index contributed by atoms with van der Waals surface area (Å²) in [5.74, 6) is -7.30. The summed E-state index contributed by atoms with van der Waals surface area (Å²) in [6.45, 7) is 4.81. The quantitative estimate of drug-likeness (QED) is 0.195. The Morgan fingerprint density at radius 2 is 1.08 bits per heavy atom. The van der Waals surface area contributed by atoms with Crippen molar-refractivity contribution < 1.29 is 47.0 Å². The average molecular weight is 873 g/mol. The molecule has 6 aliphatic heterocycles. The minimum Gasteiger partial charge on any atom is -0.503 e. The van der Waals surface area contributed by atoms with Gasteiger partial charge in [0, 0.05) is 55.2 Å². The van der Waals surface area contributed by atoms with Gasteiger partial charge in [-0.1, -0.05) is 0 Å². The number of nitrogens with zero attached hydrogens (tertiary/aromatic N) is 4. The molecule has 0 aliphatic carbocycles. The Morgan fingerprint density at radius 1 is 0.683 bits per heavy atom. The van der Waals surface area contributed by atoms with Gasteiger partial charge in [0.25, 0.3) is 23.6 Å².